The van der Waals surface area contributed by atoms with Crippen LogP contribution in [0.4, 0.5) is 5.69 Å². The van der Waals surface area contributed by atoms with Crippen molar-refractivity contribution in [2.24, 2.45) is 0 Å². The second-order valence-corrected chi connectivity index (χ2v) is 9.04. The lowest BCUT2D eigenvalue weighted by Gasteiger charge is -2.15. The minimum absolute atomic E-state index is 0.0680. The summed E-state index contributed by atoms with van der Waals surface area (Å²) in [5, 5.41) is 7.24. The largest absolute Gasteiger partial charge is 0.339 e. The SMILES string of the molecule is O=C1CC(c2nc(-c3ccc(-c4csc(-c5ccccc5)n4)cc3)no2)CN1c1ccccc1. The Kier molecular flexibility index (Phi) is 5.24. The van der Waals surface area contributed by atoms with Crippen LogP contribution < -0.4 is 4.90 Å². The minimum Gasteiger partial charge on any atom is -0.339 e. The van der Waals surface area contributed by atoms with Crippen molar-refractivity contribution in [3.05, 3.63) is 96.2 Å². The van der Waals surface area contributed by atoms with E-state index in [0.717, 1.165) is 33.1 Å². The van der Waals surface area contributed by atoms with Gasteiger partial charge in [0.05, 0.1) is 11.6 Å². The molecule has 34 heavy (non-hydrogen) atoms. The molecule has 6 rings (SSSR count). The monoisotopic (exact) mass is 464 g/mol. The fourth-order valence-electron chi connectivity index (χ4n) is 4.16. The zero-order chi connectivity index (χ0) is 22.9. The lowest BCUT2D eigenvalue weighted by molar-refractivity contribution is -0.117. The zero-order valence-corrected chi connectivity index (χ0v) is 19.0. The number of amides is 1. The van der Waals surface area contributed by atoms with E-state index < -0.39 is 0 Å². The van der Waals surface area contributed by atoms with E-state index in [1.165, 1.54) is 0 Å². The smallest absolute Gasteiger partial charge is 0.232 e. The Labute approximate surface area is 200 Å². The lowest BCUT2D eigenvalue weighted by Crippen LogP contribution is -2.24. The molecule has 1 unspecified atom stereocenters. The van der Waals surface area contributed by atoms with Gasteiger partial charge in [-0.3, -0.25) is 4.79 Å². The molecule has 5 aromatic rings. The Bertz CT molecular complexity index is 1430. The van der Waals surface area contributed by atoms with Gasteiger partial charge in [0, 0.05) is 40.7 Å². The summed E-state index contributed by atoms with van der Waals surface area (Å²) in [7, 11) is 0. The molecule has 166 valence electrons. The van der Waals surface area contributed by atoms with Gasteiger partial charge in [0.2, 0.25) is 17.6 Å². The van der Waals surface area contributed by atoms with Gasteiger partial charge in [0.25, 0.3) is 0 Å². The molecule has 1 amide bonds. The topological polar surface area (TPSA) is 72.1 Å². The molecule has 3 aromatic carbocycles. The molecule has 1 atom stereocenters. The first kappa shape index (κ1) is 20.5. The molecule has 7 heteroatoms. The molecular weight excluding hydrogens is 444 g/mol. The highest BCUT2D eigenvalue weighted by atomic mass is 32.1. The highest BCUT2D eigenvalue weighted by Gasteiger charge is 2.35. The Morgan fingerprint density at radius 3 is 2.29 bits per heavy atom. The number of hydrogen-bond donors (Lipinski definition) is 0. The fraction of sp³-hybridized carbons (Fsp3) is 0.111. The number of para-hydroxylation sites is 1. The Morgan fingerprint density at radius 2 is 1.53 bits per heavy atom. The normalized spacial score (nSPS) is 15.7. The van der Waals surface area contributed by atoms with Crippen LogP contribution >= 0.6 is 11.3 Å². The van der Waals surface area contributed by atoms with Crippen LogP contribution in [0.1, 0.15) is 18.2 Å². The average Bonchev–Trinajstić information content (AvgIpc) is 3.65. The molecule has 0 spiro atoms. The van der Waals surface area contributed by atoms with Crippen molar-refractivity contribution in [2.45, 2.75) is 12.3 Å². The second-order valence-electron chi connectivity index (χ2n) is 8.18. The molecule has 1 aliphatic heterocycles. The molecule has 1 aliphatic rings. The van der Waals surface area contributed by atoms with Crippen LogP contribution in [-0.4, -0.2) is 27.6 Å². The molecule has 6 nitrogen and oxygen atoms in total. The van der Waals surface area contributed by atoms with Gasteiger partial charge in [0.15, 0.2) is 0 Å². The van der Waals surface area contributed by atoms with Gasteiger partial charge in [-0.05, 0) is 12.1 Å². The third-order valence-corrected chi connectivity index (χ3v) is 6.84. The summed E-state index contributed by atoms with van der Waals surface area (Å²) in [4.78, 5) is 23.7. The summed E-state index contributed by atoms with van der Waals surface area (Å²) in [6.45, 7) is 0.539. The summed E-state index contributed by atoms with van der Waals surface area (Å²) >= 11 is 1.63. The molecule has 0 bridgehead atoms. The number of thiazole rings is 1. The van der Waals surface area contributed by atoms with Crippen LogP contribution in [0, 0.1) is 0 Å². The third kappa shape index (κ3) is 3.91. The van der Waals surface area contributed by atoms with Gasteiger partial charge in [-0.15, -0.1) is 11.3 Å². The maximum absolute atomic E-state index is 12.5. The third-order valence-electron chi connectivity index (χ3n) is 5.95. The number of anilines is 1. The van der Waals surface area contributed by atoms with E-state index in [4.69, 9.17) is 9.51 Å². The van der Waals surface area contributed by atoms with Crippen molar-refractivity contribution in [1.82, 2.24) is 15.1 Å². The Hall–Kier alpha value is -4.10. The van der Waals surface area contributed by atoms with Gasteiger partial charge in [0.1, 0.15) is 5.01 Å². The van der Waals surface area contributed by atoms with E-state index >= 15 is 0 Å². The van der Waals surface area contributed by atoms with Crippen LogP contribution in [0.5, 0.6) is 0 Å². The van der Waals surface area contributed by atoms with Crippen molar-refractivity contribution in [2.75, 3.05) is 11.4 Å². The predicted octanol–water partition coefficient (Wildman–Crippen LogP) is 6.05. The van der Waals surface area contributed by atoms with Crippen molar-refractivity contribution in [3.8, 4) is 33.2 Å². The number of hydrogen-bond acceptors (Lipinski definition) is 6. The average molecular weight is 465 g/mol. The number of rotatable bonds is 5. The van der Waals surface area contributed by atoms with Crippen LogP contribution in [0.25, 0.3) is 33.2 Å². The molecule has 1 saturated heterocycles. The first-order chi connectivity index (χ1) is 16.7. The van der Waals surface area contributed by atoms with Crippen molar-refractivity contribution < 1.29 is 9.32 Å². The zero-order valence-electron chi connectivity index (χ0n) is 18.2. The van der Waals surface area contributed by atoms with Crippen LogP contribution in [-0.2, 0) is 4.79 Å². The van der Waals surface area contributed by atoms with Crippen LogP contribution in [0.3, 0.4) is 0 Å². The van der Waals surface area contributed by atoms with Gasteiger partial charge >= 0.3 is 0 Å². The van der Waals surface area contributed by atoms with Gasteiger partial charge < -0.3 is 9.42 Å². The Morgan fingerprint density at radius 1 is 0.824 bits per heavy atom. The van der Waals surface area contributed by atoms with E-state index in [1.54, 1.807) is 16.2 Å². The standard InChI is InChI=1S/C27H20N4O2S/c32-24-15-21(16-31(24)22-9-5-2-6-10-22)26-29-25(30-33-26)19-13-11-18(12-14-19)23-17-34-27(28-23)20-7-3-1-4-8-20/h1-14,17,21H,15-16H2. The number of aromatic nitrogens is 3. The summed E-state index contributed by atoms with van der Waals surface area (Å²) in [6.07, 6.45) is 0.364. The second kappa shape index (κ2) is 8.68. The maximum Gasteiger partial charge on any atom is 0.232 e. The molecule has 2 aromatic heterocycles. The van der Waals surface area contributed by atoms with E-state index in [9.17, 15) is 4.79 Å². The highest BCUT2D eigenvalue weighted by Crippen LogP contribution is 2.33. The van der Waals surface area contributed by atoms with Gasteiger partial charge in [-0.25, -0.2) is 4.98 Å². The maximum atomic E-state index is 12.5. The van der Waals surface area contributed by atoms with E-state index in [2.05, 4.69) is 27.7 Å². The van der Waals surface area contributed by atoms with E-state index in [0.29, 0.717) is 24.7 Å². The van der Waals surface area contributed by atoms with Crippen LogP contribution in [0.15, 0.2) is 94.8 Å². The van der Waals surface area contributed by atoms with Crippen LogP contribution in [0.2, 0.25) is 0 Å². The van der Waals surface area contributed by atoms with E-state index in [1.807, 2.05) is 72.8 Å². The molecule has 1 fully saturated rings. The molecular formula is C27H20N4O2S. The summed E-state index contributed by atoms with van der Waals surface area (Å²) < 4.78 is 5.55. The Balaban J connectivity index is 1.18. The summed E-state index contributed by atoms with van der Waals surface area (Å²) in [5.74, 6) is 0.978. The molecule has 0 radical (unpaired) electrons. The van der Waals surface area contributed by atoms with Gasteiger partial charge in [-0.2, -0.15) is 4.98 Å². The van der Waals surface area contributed by atoms with E-state index in [-0.39, 0.29) is 11.8 Å². The highest BCUT2D eigenvalue weighted by molar-refractivity contribution is 7.13. The number of carbonyl (C=O) groups excluding carboxylic acids is 1. The van der Waals surface area contributed by atoms with Crippen molar-refractivity contribution >= 4 is 22.9 Å². The van der Waals surface area contributed by atoms with Crippen molar-refractivity contribution in [3.63, 3.8) is 0 Å². The first-order valence-corrected chi connectivity index (χ1v) is 11.9. The summed E-state index contributed by atoms with van der Waals surface area (Å²) in [6, 6.07) is 27.8. The predicted molar refractivity (Wildman–Crippen MR) is 132 cm³/mol. The number of benzene rings is 3. The first-order valence-electron chi connectivity index (χ1n) is 11.1. The number of nitrogens with zero attached hydrogens (tertiary/aromatic N) is 4. The quantitative estimate of drug-likeness (QED) is 0.317. The summed E-state index contributed by atoms with van der Waals surface area (Å²) in [5.41, 5.74) is 4.84. The molecule has 3 heterocycles. The van der Waals surface area contributed by atoms with Crippen molar-refractivity contribution in [1.29, 1.82) is 0 Å². The lowest BCUT2D eigenvalue weighted by atomic mass is 10.1. The van der Waals surface area contributed by atoms with Gasteiger partial charge in [-0.1, -0.05) is 78.0 Å². The molecule has 0 saturated carbocycles. The minimum atomic E-state index is -0.111. The number of carbonyl (C=O) groups is 1. The fourth-order valence-corrected chi connectivity index (χ4v) is 4.99. The molecule has 0 aliphatic carbocycles. The molecule has 0 N–H and O–H groups in total.